The maximum atomic E-state index is 13.7. The fraction of sp³-hybridized carbons (Fsp3) is 0.290. The maximum Gasteiger partial charge on any atom is 0.253 e. The normalized spacial score (nSPS) is 14.9. The summed E-state index contributed by atoms with van der Waals surface area (Å²) >= 11 is 0. The lowest BCUT2D eigenvalue weighted by Crippen LogP contribution is -2.49. The highest BCUT2D eigenvalue weighted by Gasteiger charge is 2.33. The van der Waals surface area contributed by atoms with Crippen LogP contribution in [-0.2, 0) is 6.54 Å². The molecule has 0 radical (unpaired) electrons. The van der Waals surface area contributed by atoms with Crippen LogP contribution in [0.4, 0.5) is 5.69 Å². The number of tetrazole rings is 1. The van der Waals surface area contributed by atoms with Crippen molar-refractivity contribution in [2.24, 2.45) is 0 Å². The number of aryl methyl sites for hydroxylation is 2. The van der Waals surface area contributed by atoms with E-state index in [0.717, 1.165) is 59.5 Å². The second kappa shape index (κ2) is 10.9. The van der Waals surface area contributed by atoms with Crippen molar-refractivity contribution >= 4 is 16.6 Å². The number of nitrogens with one attached hydrogen (secondary N) is 1. The van der Waals surface area contributed by atoms with Crippen molar-refractivity contribution in [3.8, 4) is 5.75 Å². The number of fused-ring (bicyclic) bond motifs is 1. The molecule has 9 nitrogen and oxygen atoms in total. The SMILES string of the molecule is COc1ccc(Cn2nnnc2[C@H](c2cc3ccc(C)c(C)c3[nH]c2=O)N2CCN(c3ccccc3)CC2)cc1. The molecule has 5 aromatic rings. The molecule has 0 unspecified atom stereocenters. The predicted molar refractivity (Wildman–Crippen MR) is 156 cm³/mol. The lowest BCUT2D eigenvalue weighted by Gasteiger charge is -2.39. The monoisotopic (exact) mass is 535 g/mol. The quantitative estimate of drug-likeness (QED) is 0.336. The summed E-state index contributed by atoms with van der Waals surface area (Å²) in [7, 11) is 1.65. The topological polar surface area (TPSA) is 92.2 Å². The van der Waals surface area contributed by atoms with Gasteiger partial charge in [0.05, 0.1) is 19.2 Å². The van der Waals surface area contributed by atoms with E-state index in [1.807, 2.05) is 43.3 Å². The number of pyridine rings is 1. The van der Waals surface area contributed by atoms with E-state index in [0.29, 0.717) is 17.9 Å². The number of nitrogens with zero attached hydrogens (tertiary/aromatic N) is 6. The third-order valence-corrected chi connectivity index (χ3v) is 7.97. The fourth-order valence-corrected chi connectivity index (χ4v) is 5.54. The second-order valence-electron chi connectivity index (χ2n) is 10.3. The molecule has 0 amide bonds. The number of rotatable bonds is 7. The molecular weight excluding hydrogens is 502 g/mol. The van der Waals surface area contributed by atoms with Gasteiger partial charge < -0.3 is 14.6 Å². The van der Waals surface area contributed by atoms with Gasteiger partial charge in [-0.25, -0.2) is 4.68 Å². The molecule has 9 heteroatoms. The molecule has 1 fully saturated rings. The summed E-state index contributed by atoms with van der Waals surface area (Å²) in [5.41, 5.74) is 5.88. The van der Waals surface area contributed by atoms with Gasteiger partial charge in [-0.05, 0) is 76.7 Å². The van der Waals surface area contributed by atoms with Gasteiger partial charge in [-0.1, -0.05) is 42.5 Å². The zero-order valence-electron chi connectivity index (χ0n) is 23.0. The Morgan fingerprint density at radius 2 is 1.70 bits per heavy atom. The summed E-state index contributed by atoms with van der Waals surface area (Å²) in [5.74, 6) is 1.45. The number of methoxy groups -OCH3 is 1. The van der Waals surface area contributed by atoms with Crippen LogP contribution in [0.1, 0.15) is 34.1 Å². The molecule has 1 saturated heterocycles. The van der Waals surface area contributed by atoms with Gasteiger partial charge in [-0.2, -0.15) is 0 Å². The van der Waals surface area contributed by atoms with Crippen molar-refractivity contribution in [3.05, 3.63) is 111 Å². The Labute approximate surface area is 233 Å². The van der Waals surface area contributed by atoms with Crippen molar-refractivity contribution in [1.82, 2.24) is 30.1 Å². The number of H-pyrrole nitrogens is 1. The van der Waals surface area contributed by atoms with E-state index < -0.39 is 6.04 Å². The van der Waals surface area contributed by atoms with Crippen LogP contribution in [0.2, 0.25) is 0 Å². The predicted octanol–water partition coefficient (Wildman–Crippen LogP) is 4.10. The first kappa shape index (κ1) is 25.8. The summed E-state index contributed by atoms with van der Waals surface area (Å²) in [5, 5.41) is 13.9. The lowest BCUT2D eigenvalue weighted by molar-refractivity contribution is 0.200. The van der Waals surface area contributed by atoms with Gasteiger partial charge >= 0.3 is 0 Å². The third kappa shape index (κ3) is 4.96. The first-order chi connectivity index (χ1) is 19.5. The molecule has 0 spiro atoms. The van der Waals surface area contributed by atoms with Crippen molar-refractivity contribution < 1.29 is 4.74 Å². The first-order valence-electron chi connectivity index (χ1n) is 13.6. The fourth-order valence-electron chi connectivity index (χ4n) is 5.54. The van der Waals surface area contributed by atoms with Crippen LogP contribution in [0.25, 0.3) is 10.9 Å². The van der Waals surface area contributed by atoms with Crippen LogP contribution in [0.3, 0.4) is 0 Å². The highest BCUT2D eigenvalue weighted by atomic mass is 16.5. The minimum atomic E-state index is -0.402. The Bertz CT molecular complexity index is 1670. The van der Waals surface area contributed by atoms with Crippen molar-refractivity contribution in [1.29, 1.82) is 0 Å². The molecule has 1 aliphatic heterocycles. The Hall–Kier alpha value is -4.50. The standard InChI is InChI=1S/C31H33N7O2/c1-21-9-12-24-19-27(31(39)32-28(24)22(21)2)29(37-17-15-36(16-18-37)25-7-5-4-6-8-25)30-33-34-35-38(30)20-23-10-13-26(40-3)14-11-23/h4-14,19,29H,15-18,20H2,1-3H3,(H,32,39)/t29-/m0/s1. The molecule has 3 heterocycles. The van der Waals surface area contributed by atoms with Crippen LogP contribution >= 0.6 is 0 Å². The number of para-hydroxylation sites is 1. The first-order valence-corrected chi connectivity index (χ1v) is 13.6. The van der Waals surface area contributed by atoms with Gasteiger partial charge in [0.1, 0.15) is 11.8 Å². The van der Waals surface area contributed by atoms with Gasteiger partial charge in [-0.3, -0.25) is 9.69 Å². The van der Waals surface area contributed by atoms with Gasteiger partial charge in [0.15, 0.2) is 5.82 Å². The Morgan fingerprint density at radius 3 is 2.42 bits per heavy atom. The van der Waals surface area contributed by atoms with E-state index in [-0.39, 0.29) is 5.56 Å². The number of hydrogen-bond acceptors (Lipinski definition) is 7. The number of benzene rings is 3. The lowest BCUT2D eigenvalue weighted by atomic mass is 9.99. The number of anilines is 1. The minimum Gasteiger partial charge on any atom is -0.497 e. The smallest absolute Gasteiger partial charge is 0.253 e. The number of hydrogen-bond donors (Lipinski definition) is 1. The number of ether oxygens (including phenoxy) is 1. The number of aromatic amines is 1. The average Bonchev–Trinajstić information content (AvgIpc) is 3.44. The highest BCUT2D eigenvalue weighted by molar-refractivity contribution is 5.83. The van der Waals surface area contributed by atoms with Crippen molar-refractivity contribution in [2.45, 2.75) is 26.4 Å². The van der Waals surface area contributed by atoms with Crippen LogP contribution in [0, 0.1) is 13.8 Å². The molecule has 0 saturated carbocycles. The third-order valence-electron chi connectivity index (χ3n) is 7.97. The van der Waals surface area contributed by atoms with E-state index in [1.165, 1.54) is 5.69 Å². The number of aromatic nitrogens is 5. The van der Waals surface area contributed by atoms with Crippen LogP contribution < -0.4 is 15.2 Å². The van der Waals surface area contributed by atoms with E-state index in [9.17, 15) is 4.79 Å². The molecule has 40 heavy (non-hydrogen) atoms. The van der Waals surface area contributed by atoms with Crippen molar-refractivity contribution in [3.63, 3.8) is 0 Å². The summed E-state index contributed by atoms with van der Waals surface area (Å²) < 4.78 is 7.12. The molecule has 2 aromatic heterocycles. The van der Waals surface area contributed by atoms with Crippen LogP contribution in [-0.4, -0.2) is 63.4 Å². The Balaban J connectivity index is 1.39. The summed E-state index contributed by atoms with van der Waals surface area (Å²) in [6.45, 7) is 7.79. The van der Waals surface area contributed by atoms with Gasteiger partial charge in [0.2, 0.25) is 0 Å². The molecular formula is C31H33N7O2. The zero-order chi connectivity index (χ0) is 27.6. The maximum absolute atomic E-state index is 13.7. The number of piperazine rings is 1. The Kier molecular flexibility index (Phi) is 7.04. The zero-order valence-corrected chi connectivity index (χ0v) is 23.0. The molecule has 1 aliphatic rings. The highest BCUT2D eigenvalue weighted by Crippen LogP contribution is 2.30. The summed E-state index contributed by atoms with van der Waals surface area (Å²) in [6, 6.07) is 24.1. The van der Waals surface area contributed by atoms with Gasteiger partial charge in [0, 0.05) is 37.4 Å². The van der Waals surface area contributed by atoms with Gasteiger partial charge in [0.25, 0.3) is 5.56 Å². The molecule has 6 rings (SSSR count). The average molecular weight is 536 g/mol. The molecule has 0 bridgehead atoms. The van der Waals surface area contributed by atoms with Gasteiger partial charge in [-0.15, -0.1) is 5.10 Å². The largest absolute Gasteiger partial charge is 0.497 e. The van der Waals surface area contributed by atoms with Crippen LogP contribution in [0.5, 0.6) is 5.75 Å². The van der Waals surface area contributed by atoms with Crippen LogP contribution in [0.15, 0.2) is 77.6 Å². The van der Waals surface area contributed by atoms with Crippen molar-refractivity contribution in [2.75, 3.05) is 38.2 Å². The van der Waals surface area contributed by atoms with E-state index in [4.69, 9.17) is 4.74 Å². The molecule has 204 valence electrons. The molecule has 1 N–H and O–H groups in total. The summed E-state index contributed by atoms with van der Waals surface area (Å²) in [4.78, 5) is 21.6. The van der Waals surface area contributed by atoms with E-state index >= 15 is 0 Å². The summed E-state index contributed by atoms with van der Waals surface area (Å²) in [6.07, 6.45) is 0. The molecule has 3 aromatic carbocycles. The van der Waals surface area contributed by atoms with E-state index in [1.54, 1.807) is 11.8 Å². The minimum absolute atomic E-state index is 0.115. The van der Waals surface area contributed by atoms with E-state index in [2.05, 4.69) is 73.6 Å². The second-order valence-corrected chi connectivity index (χ2v) is 10.3. The molecule has 0 aliphatic carbocycles. The molecule has 1 atom stereocenters. The Morgan fingerprint density at radius 1 is 0.950 bits per heavy atom.